The third kappa shape index (κ3) is 5.12. The normalized spacial score (nSPS) is 11.5. The molecule has 0 saturated carbocycles. The number of thiazole rings is 1. The summed E-state index contributed by atoms with van der Waals surface area (Å²) in [5.41, 5.74) is 1.34. The minimum Gasteiger partial charge on any atom is -0.497 e. The summed E-state index contributed by atoms with van der Waals surface area (Å²) in [5.74, 6) is -0.173. The van der Waals surface area contributed by atoms with E-state index in [4.69, 9.17) is 9.15 Å². The maximum atomic E-state index is 13.1. The number of sulfone groups is 1. The van der Waals surface area contributed by atoms with E-state index in [9.17, 15) is 13.2 Å². The molecule has 0 saturated heterocycles. The van der Waals surface area contributed by atoms with Gasteiger partial charge < -0.3 is 9.15 Å². The lowest BCUT2D eigenvalue weighted by atomic mass is 10.2. The Balaban J connectivity index is 1.62. The van der Waals surface area contributed by atoms with Gasteiger partial charge in [0, 0.05) is 0 Å². The molecule has 4 aromatic rings. The highest BCUT2D eigenvalue weighted by molar-refractivity contribution is 7.91. The van der Waals surface area contributed by atoms with Crippen molar-refractivity contribution in [1.82, 2.24) is 4.98 Å². The van der Waals surface area contributed by atoms with E-state index in [-0.39, 0.29) is 12.3 Å². The van der Waals surface area contributed by atoms with Gasteiger partial charge >= 0.3 is 0 Å². The lowest BCUT2D eigenvalue weighted by Crippen LogP contribution is -2.35. The molecule has 9 heteroatoms. The first-order valence-corrected chi connectivity index (χ1v) is 12.1. The Morgan fingerprint density at radius 1 is 1.13 bits per heavy atom. The van der Waals surface area contributed by atoms with Crippen LogP contribution in [0.4, 0.5) is 5.13 Å². The van der Waals surface area contributed by atoms with E-state index in [1.807, 2.05) is 12.1 Å². The summed E-state index contributed by atoms with van der Waals surface area (Å²) in [6.45, 7) is 0.0870. The van der Waals surface area contributed by atoms with E-state index in [2.05, 4.69) is 4.98 Å². The van der Waals surface area contributed by atoms with Gasteiger partial charge in [-0.05, 0) is 35.9 Å². The number of rotatable bonds is 8. The molecule has 0 N–H and O–H groups in total. The Kier molecular flexibility index (Phi) is 6.06. The summed E-state index contributed by atoms with van der Waals surface area (Å²) in [7, 11) is -2.09. The average Bonchev–Trinajstić information content (AvgIpc) is 3.40. The Hall–Kier alpha value is -3.17. The van der Waals surface area contributed by atoms with Crippen LogP contribution >= 0.6 is 11.3 Å². The van der Waals surface area contributed by atoms with E-state index in [1.165, 1.54) is 22.5 Å². The molecule has 160 valence electrons. The second kappa shape index (κ2) is 8.91. The van der Waals surface area contributed by atoms with Crippen molar-refractivity contribution in [3.05, 3.63) is 78.3 Å². The second-order valence-electron chi connectivity index (χ2n) is 6.91. The molecule has 0 bridgehead atoms. The number of furan rings is 1. The zero-order valence-corrected chi connectivity index (χ0v) is 18.4. The van der Waals surface area contributed by atoms with E-state index >= 15 is 0 Å². The summed E-state index contributed by atoms with van der Waals surface area (Å²) >= 11 is 1.29. The molecule has 4 rings (SSSR count). The van der Waals surface area contributed by atoms with Crippen LogP contribution in [0.2, 0.25) is 0 Å². The predicted octanol–water partition coefficient (Wildman–Crippen LogP) is 4.05. The molecule has 7 nitrogen and oxygen atoms in total. The minimum atomic E-state index is -3.67. The molecule has 0 unspecified atom stereocenters. The van der Waals surface area contributed by atoms with Crippen molar-refractivity contribution < 1.29 is 22.4 Å². The monoisotopic (exact) mass is 456 g/mol. The minimum absolute atomic E-state index is 0.0870. The molecule has 1 amide bonds. The van der Waals surface area contributed by atoms with Gasteiger partial charge in [-0.25, -0.2) is 13.4 Å². The summed E-state index contributed by atoms with van der Waals surface area (Å²) in [5, 5.41) is 0.402. The van der Waals surface area contributed by atoms with Crippen LogP contribution in [0.3, 0.4) is 0 Å². The Morgan fingerprint density at radius 3 is 2.65 bits per heavy atom. The average molecular weight is 457 g/mol. The third-order valence-electron chi connectivity index (χ3n) is 4.58. The zero-order valence-electron chi connectivity index (χ0n) is 16.7. The fourth-order valence-electron chi connectivity index (χ4n) is 3.10. The molecule has 0 fully saturated rings. The van der Waals surface area contributed by atoms with Crippen molar-refractivity contribution in [3.8, 4) is 5.75 Å². The number of hydrogen-bond acceptors (Lipinski definition) is 7. The van der Waals surface area contributed by atoms with Crippen molar-refractivity contribution >= 4 is 42.4 Å². The lowest BCUT2D eigenvalue weighted by Gasteiger charge is -2.18. The summed E-state index contributed by atoms with van der Waals surface area (Å²) in [6.07, 6.45) is 1.51. The van der Waals surface area contributed by atoms with Crippen LogP contribution in [-0.4, -0.2) is 32.2 Å². The van der Waals surface area contributed by atoms with Gasteiger partial charge in [0.1, 0.15) is 17.3 Å². The van der Waals surface area contributed by atoms with E-state index in [0.29, 0.717) is 27.7 Å². The zero-order chi connectivity index (χ0) is 21.8. The second-order valence-corrected chi connectivity index (χ2v) is 9.98. The van der Waals surface area contributed by atoms with Crippen molar-refractivity contribution in [2.24, 2.45) is 0 Å². The number of hydrogen-bond donors (Lipinski definition) is 0. The molecule has 0 atom stereocenters. The maximum Gasteiger partial charge on any atom is 0.244 e. The third-order valence-corrected chi connectivity index (χ3v) is 7.08. The summed E-state index contributed by atoms with van der Waals surface area (Å²) in [4.78, 5) is 19.0. The van der Waals surface area contributed by atoms with Gasteiger partial charge in [0.2, 0.25) is 5.91 Å². The first-order chi connectivity index (χ1) is 14.9. The fraction of sp³-hybridized carbons (Fsp3) is 0.182. The standard InChI is InChI=1S/C22H20N2O5S2/c1-28-17-9-10-19-20(12-17)30-22(23-19)24(13-18-8-5-11-29-18)21(25)15-31(26,27)14-16-6-3-2-4-7-16/h2-12H,13-15H2,1H3. The quantitative estimate of drug-likeness (QED) is 0.397. The number of methoxy groups -OCH3 is 1. The highest BCUT2D eigenvalue weighted by Crippen LogP contribution is 2.32. The largest absolute Gasteiger partial charge is 0.497 e. The van der Waals surface area contributed by atoms with E-state index < -0.39 is 21.5 Å². The van der Waals surface area contributed by atoms with Crippen molar-refractivity contribution in [1.29, 1.82) is 0 Å². The number of fused-ring (bicyclic) bond motifs is 1. The van der Waals surface area contributed by atoms with Gasteiger partial charge in [-0.1, -0.05) is 41.7 Å². The van der Waals surface area contributed by atoms with Crippen LogP contribution < -0.4 is 9.64 Å². The van der Waals surface area contributed by atoms with Gasteiger partial charge in [-0.15, -0.1) is 0 Å². The smallest absolute Gasteiger partial charge is 0.244 e. The fourth-order valence-corrected chi connectivity index (χ4v) is 5.45. The van der Waals surface area contributed by atoms with Crippen LogP contribution in [-0.2, 0) is 26.9 Å². The molecule has 2 aromatic carbocycles. The highest BCUT2D eigenvalue weighted by atomic mass is 32.2. The first kappa shape index (κ1) is 21.1. The number of nitrogens with zero attached hydrogens (tertiary/aromatic N) is 2. The van der Waals surface area contributed by atoms with Gasteiger partial charge in [0.15, 0.2) is 15.0 Å². The Bertz CT molecular complexity index is 1280. The molecule has 0 aliphatic heterocycles. The molecule has 2 aromatic heterocycles. The molecular weight excluding hydrogens is 436 g/mol. The van der Waals surface area contributed by atoms with Crippen LogP contribution in [0.1, 0.15) is 11.3 Å². The van der Waals surface area contributed by atoms with Gasteiger partial charge in [-0.3, -0.25) is 9.69 Å². The molecular formula is C22H20N2O5S2. The van der Waals surface area contributed by atoms with E-state index in [1.54, 1.807) is 55.6 Å². The number of carbonyl (C=O) groups excluding carboxylic acids is 1. The maximum absolute atomic E-state index is 13.1. The van der Waals surface area contributed by atoms with Crippen molar-refractivity contribution in [2.75, 3.05) is 17.8 Å². The van der Waals surface area contributed by atoms with Crippen LogP contribution in [0.5, 0.6) is 5.75 Å². The van der Waals surface area contributed by atoms with Crippen molar-refractivity contribution in [3.63, 3.8) is 0 Å². The van der Waals surface area contributed by atoms with E-state index in [0.717, 1.165) is 4.70 Å². The topological polar surface area (TPSA) is 89.7 Å². The molecule has 2 heterocycles. The van der Waals surface area contributed by atoms with Crippen molar-refractivity contribution in [2.45, 2.75) is 12.3 Å². The van der Waals surface area contributed by atoms with Gasteiger partial charge in [0.05, 0.1) is 35.9 Å². The lowest BCUT2D eigenvalue weighted by molar-refractivity contribution is -0.116. The molecule has 0 aliphatic rings. The van der Waals surface area contributed by atoms with Crippen LogP contribution in [0, 0.1) is 0 Å². The Morgan fingerprint density at radius 2 is 1.94 bits per heavy atom. The summed E-state index contributed by atoms with van der Waals surface area (Å²) in [6, 6.07) is 17.7. The molecule has 0 spiro atoms. The van der Waals surface area contributed by atoms with Gasteiger partial charge in [0.25, 0.3) is 0 Å². The van der Waals surface area contributed by atoms with Crippen LogP contribution in [0.25, 0.3) is 10.2 Å². The summed E-state index contributed by atoms with van der Waals surface area (Å²) < 4.78 is 36.9. The highest BCUT2D eigenvalue weighted by Gasteiger charge is 2.26. The predicted molar refractivity (Wildman–Crippen MR) is 120 cm³/mol. The molecule has 0 aliphatic carbocycles. The number of ether oxygens (including phenoxy) is 1. The first-order valence-electron chi connectivity index (χ1n) is 9.45. The molecule has 31 heavy (non-hydrogen) atoms. The van der Waals surface area contributed by atoms with Crippen LogP contribution in [0.15, 0.2) is 71.3 Å². The SMILES string of the molecule is COc1ccc2nc(N(Cc3ccco3)C(=O)CS(=O)(=O)Cc3ccccc3)sc2c1. The van der Waals surface area contributed by atoms with Gasteiger partial charge in [-0.2, -0.15) is 0 Å². The number of amides is 1. The number of anilines is 1. The number of carbonyl (C=O) groups is 1. The molecule has 0 radical (unpaired) electrons. The number of benzene rings is 2. The Labute approximate surface area is 183 Å². The number of aromatic nitrogens is 1.